The molecule has 1 aliphatic rings. The summed E-state index contributed by atoms with van der Waals surface area (Å²) in [6, 6.07) is 0. The van der Waals surface area contributed by atoms with Crippen LogP contribution in [-0.4, -0.2) is 57.5 Å². The van der Waals surface area contributed by atoms with Crippen molar-refractivity contribution in [2.24, 2.45) is 5.92 Å². The maximum atomic E-state index is 11.8. The highest BCUT2D eigenvalue weighted by Gasteiger charge is 2.27. The van der Waals surface area contributed by atoms with Gasteiger partial charge in [-0.15, -0.1) is 0 Å². The summed E-state index contributed by atoms with van der Waals surface area (Å²) >= 11 is 0. The summed E-state index contributed by atoms with van der Waals surface area (Å²) in [4.78, 5) is 11.7. The number of hydrogen-bond acceptors (Lipinski definition) is 4. The van der Waals surface area contributed by atoms with Crippen LogP contribution in [0.25, 0.3) is 0 Å². The first kappa shape index (κ1) is 17.5. The maximum Gasteiger partial charge on any atom is 0.261 e. The lowest BCUT2D eigenvalue weighted by Crippen LogP contribution is -2.39. The summed E-state index contributed by atoms with van der Waals surface area (Å²) in [6.45, 7) is 0.202. The monoisotopic (exact) mass is 313 g/mol. The summed E-state index contributed by atoms with van der Waals surface area (Å²) in [5.74, 6) is -0.0549. The number of rotatable bonds is 8. The molecule has 0 N–H and O–H groups in total. The molecule has 1 rings (SSSR count). The first-order valence-electron chi connectivity index (χ1n) is 6.61. The van der Waals surface area contributed by atoms with Gasteiger partial charge in [0.1, 0.15) is 12.4 Å². The minimum atomic E-state index is -3.21. The average molecular weight is 313 g/mol. The molecule has 20 heavy (non-hydrogen) atoms. The second-order valence-corrected chi connectivity index (χ2v) is 7.07. The Morgan fingerprint density at radius 3 is 2.75 bits per heavy atom. The Labute approximate surface area is 118 Å². The molecule has 1 heterocycles. The zero-order valence-corrected chi connectivity index (χ0v) is 12.4. The van der Waals surface area contributed by atoms with E-state index in [9.17, 15) is 22.0 Å². The lowest BCUT2D eigenvalue weighted by Gasteiger charge is -2.30. The third kappa shape index (κ3) is 6.71. The Balaban J connectivity index is 2.28. The minimum absolute atomic E-state index is 0.00825. The number of carbonyl (C=O) groups is 1. The summed E-state index contributed by atoms with van der Waals surface area (Å²) in [5.41, 5.74) is 0. The SMILES string of the molecule is CS(=O)(=O)N1CCCC(CC(=O)CCOCC(F)F)C1. The molecule has 0 bridgehead atoms. The number of hydrogen-bond donors (Lipinski definition) is 0. The smallest absolute Gasteiger partial charge is 0.261 e. The van der Waals surface area contributed by atoms with Crippen molar-refractivity contribution in [3.05, 3.63) is 0 Å². The first-order valence-corrected chi connectivity index (χ1v) is 8.46. The molecule has 1 saturated heterocycles. The van der Waals surface area contributed by atoms with Gasteiger partial charge in [-0.3, -0.25) is 4.79 Å². The molecular formula is C12H21F2NO4S. The summed E-state index contributed by atoms with van der Waals surface area (Å²) in [5, 5.41) is 0. The van der Waals surface area contributed by atoms with Crippen molar-refractivity contribution in [3.63, 3.8) is 0 Å². The van der Waals surface area contributed by atoms with E-state index in [-0.39, 0.29) is 31.1 Å². The van der Waals surface area contributed by atoms with Crippen LogP contribution in [0.15, 0.2) is 0 Å². The Bertz CT molecular complexity index is 414. The van der Waals surface area contributed by atoms with E-state index in [0.717, 1.165) is 19.1 Å². The zero-order valence-electron chi connectivity index (χ0n) is 11.6. The molecule has 0 aromatic rings. The molecule has 5 nitrogen and oxygen atoms in total. The van der Waals surface area contributed by atoms with Crippen LogP contribution in [0.4, 0.5) is 8.78 Å². The molecule has 0 radical (unpaired) electrons. The Hall–Kier alpha value is -0.600. The highest BCUT2D eigenvalue weighted by Crippen LogP contribution is 2.22. The van der Waals surface area contributed by atoms with E-state index in [2.05, 4.69) is 4.74 Å². The van der Waals surface area contributed by atoms with Gasteiger partial charge in [0, 0.05) is 25.9 Å². The van der Waals surface area contributed by atoms with Crippen LogP contribution >= 0.6 is 0 Å². The number of ether oxygens (including phenoxy) is 1. The van der Waals surface area contributed by atoms with Crippen LogP contribution in [0.3, 0.4) is 0 Å². The Kier molecular flexibility index (Phi) is 6.97. The van der Waals surface area contributed by atoms with Gasteiger partial charge in [0.25, 0.3) is 6.43 Å². The predicted molar refractivity (Wildman–Crippen MR) is 70.2 cm³/mol. The summed E-state index contributed by atoms with van der Waals surface area (Å²) < 4.78 is 52.6. The van der Waals surface area contributed by atoms with Gasteiger partial charge in [0.2, 0.25) is 10.0 Å². The van der Waals surface area contributed by atoms with E-state index in [4.69, 9.17) is 0 Å². The molecule has 0 amide bonds. The number of sulfonamides is 1. The van der Waals surface area contributed by atoms with Crippen molar-refractivity contribution >= 4 is 15.8 Å². The third-order valence-corrected chi connectivity index (χ3v) is 4.51. The number of carbonyl (C=O) groups excluding carboxylic acids is 1. The third-order valence-electron chi connectivity index (χ3n) is 3.24. The van der Waals surface area contributed by atoms with Crippen LogP contribution in [0.2, 0.25) is 0 Å². The van der Waals surface area contributed by atoms with Gasteiger partial charge in [-0.2, -0.15) is 0 Å². The standard InChI is InChI=1S/C12H21F2NO4S/c1-20(17,18)15-5-2-3-10(8-15)7-11(16)4-6-19-9-12(13)14/h10,12H,2-9H2,1H3. The Morgan fingerprint density at radius 2 is 2.15 bits per heavy atom. The highest BCUT2D eigenvalue weighted by atomic mass is 32.2. The molecular weight excluding hydrogens is 292 g/mol. The number of alkyl halides is 2. The fraction of sp³-hybridized carbons (Fsp3) is 0.917. The van der Waals surface area contributed by atoms with Crippen LogP contribution in [-0.2, 0) is 19.6 Å². The van der Waals surface area contributed by atoms with Gasteiger partial charge in [-0.1, -0.05) is 0 Å². The van der Waals surface area contributed by atoms with Crippen LogP contribution in [0.1, 0.15) is 25.7 Å². The van der Waals surface area contributed by atoms with Crippen molar-refractivity contribution < 1.29 is 26.7 Å². The molecule has 1 atom stereocenters. The molecule has 0 saturated carbocycles. The molecule has 0 aromatic heterocycles. The van der Waals surface area contributed by atoms with Crippen molar-refractivity contribution in [1.82, 2.24) is 4.31 Å². The molecule has 118 valence electrons. The van der Waals surface area contributed by atoms with Crippen molar-refractivity contribution in [3.8, 4) is 0 Å². The van der Waals surface area contributed by atoms with Crippen molar-refractivity contribution in [2.75, 3.05) is 32.6 Å². The Morgan fingerprint density at radius 1 is 1.45 bits per heavy atom. The second-order valence-electron chi connectivity index (χ2n) is 5.09. The van der Waals surface area contributed by atoms with E-state index in [1.807, 2.05) is 0 Å². The van der Waals surface area contributed by atoms with E-state index in [1.165, 1.54) is 4.31 Å². The minimum Gasteiger partial charge on any atom is -0.375 e. The van der Waals surface area contributed by atoms with E-state index >= 15 is 0 Å². The zero-order chi connectivity index (χ0) is 15.2. The van der Waals surface area contributed by atoms with Crippen molar-refractivity contribution in [1.29, 1.82) is 0 Å². The number of piperidine rings is 1. The largest absolute Gasteiger partial charge is 0.375 e. The number of nitrogens with zero attached hydrogens (tertiary/aromatic N) is 1. The molecule has 1 fully saturated rings. The van der Waals surface area contributed by atoms with Gasteiger partial charge in [0.05, 0.1) is 12.9 Å². The fourth-order valence-electron chi connectivity index (χ4n) is 2.28. The molecule has 1 aliphatic heterocycles. The maximum absolute atomic E-state index is 11.8. The molecule has 8 heteroatoms. The number of halogens is 2. The van der Waals surface area contributed by atoms with Gasteiger partial charge in [-0.25, -0.2) is 21.5 Å². The molecule has 1 unspecified atom stereocenters. The van der Waals surface area contributed by atoms with Gasteiger partial charge >= 0.3 is 0 Å². The van der Waals surface area contributed by atoms with Gasteiger partial charge in [-0.05, 0) is 18.8 Å². The van der Waals surface area contributed by atoms with Gasteiger partial charge < -0.3 is 4.74 Å². The summed E-state index contributed by atoms with van der Waals surface area (Å²) in [6.07, 6.45) is 0.580. The van der Waals surface area contributed by atoms with Crippen molar-refractivity contribution in [2.45, 2.75) is 32.1 Å². The molecule has 0 spiro atoms. The first-order chi connectivity index (χ1) is 9.29. The molecule has 0 aromatic carbocycles. The summed E-state index contributed by atoms with van der Waals surface area (Å²) in [7, 11) is -3.21. The second kappa shape index (κ2) is 7.99. The van der Waals surface area contributed by atoms with E-state index in [0.29, 0.717) is 13.1 Å². The lowest BCUT2D eigenvalue weighted by atomic mass is 9.93. The quantitative estimate of drug-likeness (QED) is 0.634. The normalized spacial score (nSPS) is 21.3. The number of ketones is 1. The highest BCUT2D eigenvalue weighted by molar-refractivity contribution is 7.88. The van der Waals surface area contributed by atoms with E-state index < -0.39 is 23.1 Å². The van der Waals surface area contributed by atoms with Gasteiger partial charge in [0.15, 0.2) is 0 Å². The lowest BCUT2D eigenvalue weighted by molar-refractivity contribution is -0.121. The predicted octanol–water partition coefficient (Wildman–Crippen LogP) is 1.29. The van der Waals surface area contributed by atoms with Crippen LogP contribution in [0, 0.1) is 5.92 Å². The fourth-order valence-corrected chi connectivity index (χ4v) is 3.22. The number of Topliss-reactive ketones (excluding diaryl/α,β-unsaturated/α-hetero) is 1. The molecule has 0 aliphatic carbocycles. The topological polar surface area (TPSA) is 63.7 Å². The average Bonchev–Trinajstić information content (AvgIpc) is 2.34. The van der Waals surface area contributed by atoms with Crippen LogP contribution in [0.5, 0.6) is 0 Å². The van der Waals surface area contributed by atoms with Crippen LogP contribution < -0.4 is 0 Å². The van der Waals surface area contributed by atoms with E-state index in [1.54, 1.807) is 0 Å².